The Kier molecular flexibility index (Phi) is 6.68. The summed E-state index contributed by atoms with van der Waals surface area (Å²) in [4.78, 5) is 22.4. The van der Waals surface area contributed by atoms with E-state index >= 15 is 0 Å². The molecule has 0 aliphatic heterocycles. The molecule has 178 valence electrons. The molecule has 0 fully saturated rings. The molecular weight excluding hydrogens is 450 g/mol. The molecule has 9 heteroatoms. The Morgan fingerprint density at radius 3 is 2.09 bits per heavy atom. The molecule has 0 amide bonds. The number of carbonyl (C=O) groups is 2. The number of nitrogens with zero attached hydrogens (tertiary/aromatic N) is 2. The highest BCUT2D eigenvalue weighted by Crippen LogP contribution is 2.31. The quantitative estimate of drug-likeness (QED) is 0.323. The molecule has 0 aliphatic rings. The highest BCUT2D eigenvalue weighted by atomic mass is 16.5. The van der Waals surface area contributed by atoms with E-state index in [0.717, 1.165) is 16.8 Å². The van der Waals surface area contributed by atoms with E-state index in [4.69, 9.17) is 19.7 Å². The predicted molar refractivity (Wildman–Crippen MR) is 130 cm³/mol. The van der Waals surface area contributed by atoms with Gasteiger partial charge in [-0.05, 0) is 48.5 Å². The van der Waals surface area contributed by atoms with E-state index in [-0.39, 0.29) is 11.1 Å². The van der Waals surface area contributed by atoms with Gasteiger partial charge in [-0.3, -0.25) is 0 Å². The Morgan fingerprint density at radius 1 is 0.886 bits per heavy atom. The summed E-state index contributed by atoms with van der Waals surface area (Å²) in [5.74, 6) is -0.721. The topological polar surface area (TPSA) is 123 Å². The fourth-order valence-electron chi connectivity index (χ4n) is 3.58. The van der Waals surface area contributed by atoms with Gasteiger partial charge in [0, 0.05) is 29.9 Å². The van der Waals surface area contributed by atoms with Gasteiger partial charge in [0.25, 0.3) is 0 Å². The average molecular weight is 473 g/mol. The van der Waals surface area contributed by atoms with Crippen molar-refractivity contribution in [3.05, 3.63) is 89.6 Å². The molecule has 9 nitrogen and oxygen atoms in total. The maximum atomic E-state index is 11.3. The summed E-state index contributed by atoms with van der Waals surface area (Å²) in [7, 11) is 3.16. The fourth-order valence-corrected chi connectivity index (χ4v) is 3.58. The number of anilines is 1. The summed E-state index contributed by atoms with van der Waals surface area (Å²) in [6.07, 6.45) is 1.85. The lowest BCUT2D eigenvalue weighted by atomic mass is 10.1. The fraction of sp³-hybridized carbons (Fsp3) is 0.115. The lowest BCUT2D eigenvalue weighted by Crippen LogP contribution is -2.02. The number of benzene rings is 3. The van der Waals surface area contributed by atoms with Crippen LogP contribution in [0.4, 0.5) is 5.69 Å². The lowest BCUT2D eigenvalue weighted by molar-refractivity contribution is 0.0686. The first-order valence-electron chi connectivity index (χ1n) is 10.6. The summed E-state index contributed by atoms with van der Waals surface area (Å²) in [5, 5.41) is 26.5. The largest absolute Gasteiger partial charge is 0.497 e. The zero-order valence-electron chi connectivity index (χ0n) is 19.1. The zero-order chi connectivity index (χ0) is 24.9. The summed E-state index contributed by atoms with van der Waals surface area (Å²) >= 11 is 0. The number of carboxylic acids is 2. The van der Waals surface area contributed by atoms with Crippen molar-refractivity contribution in [2.45, 2.75) is 6.54 Å². The predicted octanol–water partition coefficient (Wildman–Crippen LogP) is 4.57. The molecule has 0 radical (unpaired) electrons. The van der Waals surface area contributed by atoms with Crippen molar-refractivity contribution >= 4 is 17.6 Å². The van der Waals surface area contributed by atoms with Crippen molar-refractivity contribution in [1.29, 1.82) is 0 Å². The summed E-state index contributed by atoms with van der Waals surface area (Å²) in [6, 6.07) is 18.3. The monoisotopic (exact) mass is 473 g/mol. The molecular formula is C26H23N3O6. The van der Waals surface area contributed by atoms with Gasteiger partial charge in [0.05, 0.1) is 42.4 Å². The third-order valence-electron chi connectivity index (χ3n) is 5.45. The smallest absolute Gasteiger partial charge is 0.335 e. The molecule has 1 aromatic heterocycles. The molecule has 1 heterocycles. The van der Waals surface area contributed by atoms with Crippen LogP contribution in [0, 0.1) is 0 Å². The van der Waals surface area contributed by atoms with Crippen molar-refractivity contribution in [3.63, 3.8) is 0 Å². The molecule has 0 spiro atoms. The second-order valence-electron chi connectivity index (χ2n) is 7.60. The molecule has 0 atom stereocenters. The van der Waals surface area contributed by atoms with Gasteiger partial charge < -0.3 is 25.0 Å². The third kappa shape index (κ3) is 5.09. The molecule has 3 N–H and O–H groups in total. The maximum Gasteiger partial charge on any atom is 0.335 e. The number of hydrogen-bond donors (Lipinski definition) is 3. The number of nitrogens with one attached hydrogen (secondary N) is 1. The van der Waals surface area contributed by atoms with Crippen molar-refractivity contribution in [1.82, 2.24) is 9.78 Å². The van der Waals surface area contributed by atoms with E-state index < -0.39 is 11.9 Å². The van der Waals surface area contributed by atoms with E-state index in [0.29, 0.717) is 29.4 Å². The van der Waals surface area contributed by atoms with Gasteiger partial charge in [-0.1, -0.05) is 12.1 Å². The summed E-state index contributed by atoms with van der Waals surface area (Å²) < 4.78 is 12.4. The summed E-state index contributed by atoms with van der Waals surface area (Å²) in [6.45, 7) is 0.395. The number of methoxy groups -OCH3 is 2. The number of aromatic nitrogens is 2. The first-order chi connectivity index (χ1) is 16.9. The minimum atomic E-state index is -1.01. The maximum absolute atomic E-state index is 11.3. The standard InChI is InChI=1S/C26H23N3O6/c1-34-21-11-12-22(23(13-21)35-2)27-14-19-15-29(20-9-7-18(8-10-20)26(32)33)28-24(19)16-3-5-17(6-4-16)25(30)31/h3-13,15,27H,14H2,1-2H3,(H,30,31)(H,32,33). The molecule has 0 saturated carbocycles. The van der Waals surface area contributed by atoms with Gasteiger partial charge in [0.2, 0.25) is 0 Å². The van der Waals surface area contributed by atoms with Gasteiger partial charge in [0.1, 0.15) is 11.5 Å². The van der Waals surface area contributed by atoms with Gasteiger partial charge in [-0.25, -0.2) is 14.3 Å². The van der Waals surface area contributed by atoms with Gasteiger partial charge in [-0.2, -0.15) is 5.10 Å². The lowest BCUT2D eigenvalue weighted by Gasteiger charge is -2.12. The highest BCUT2D eigenvalue weighted by molar-refractivity contribution is 5.88. The molecule has 0 aliphatic carbocycles. The molecule has 3 aromatic carbocycles. The average Bonchev–Trinajstić information content (AvgIpc) is 3.31. The molecule has 4 rings (SSSR count). The number of ether oxygens (including phenoxy) is 2. The second kappa shape index (κ2) is 10.0. The van der Waals surface area contributed by atoms with Crippen molar-refractivity contribution in [3.8, 4) is 28.4 Å². The number of hydrogen-bond acceptors (Lipinski definition) is 6. The number of rotatable bonds is 9. The SMILES string of the molecule is COc1ccc(NCc2cn(-c3ccc(C(=O)O)cc3)nc2-c2ccc(C(=O)O)cc2)c(OC)c1. The van der Waals surface area contributed by atoms with Crippen LogP contribution in [0.5, 0.6) is 11.5 Å². The third-order valence-corrected chi connectivity index (χ3v) is 5.45. The van der Waals surface area contributed by atoms with E-state index in [1.54, 1.807) is 49.2 Å². The first kappa shape index (κ1) is 23.4. The van der Waals surface area contributed by atoms with Crippen LogP contribution in [0.25, 0.3) is 16.9 Å². The highest BCUT2D eigenvalue weighted by Gasteiger charge is 2.15. The van der Waals surface area contributed by atoms with E-state index in [2.05, 4.69) is 5.32 Å². The Bertz CT molecular complexity index is 1360. The van der Waals surface area contributed by atoms with Gasteiger partial charge in [0.15, 0.2) is 0 Å². The van der Waals surface area contributed by atoms with Gasteiger partial charge >= 0.3 is 11.9 Å². The van der Waals surface area contributed by atoms with Crippen LogP contribution in [0.15, 0.2) is 72.9 Å². The Morgan fingerprint density at radius 2 is 1.51 bits per heavy atom. The minimum Gasteiger partial charge on any atom is -0.497 e. The van der Waals surface area contributed by atoms with Crippen molar-refractivity contribution in [2.24, 2.45) is 0 Å². The first-order valence-corrected chi connectivity index (χ1v) is 10.6. The van der Waals surface area contributed by atoms with Gasteiger partial charge in [-0.15, -0.1) is 0 Å². The normalized spacial score (nSPS) is 10.6. The Labute approximate surface area is 201 Å². The van der Waals surface area contributed by atoms with Crippen LogP contribution in [-0.4, -0.2) is 46.2 Å². The minimum absolute atomic E-state index is 0.180. The molecule has 0 saturated heterocycles. The number of aromatic carboxylic acids is 2. The summed E-state index contributed by atoms with van der Waals surface area (Å²) in [5.41, 5.74) is 4.05. The van der Waals surface area contributed by atoms with Crippen molar-refractivity contribution in [2.75, 3.05) is 19.5 Å². The van der Waals surface area contributed by atoms with Crippen molar-refractivity contribution < 1.29 is 29.3 Å². The molecule has 0 bridgehead atoms. The van der Waals surface area contributed by atoms with Crippen LogP contribution in [0.2, 0.25) is 0 Å². The van der Waals surface area contributed by atoms with Crippen LogP contribution in [0.3, 0.4) is 0 Å². The van der Waals surface area contributed by atoms with E-state index in [1.807, 2.05) is 18.3 Å². The van der Waals surface area contributed by atoms with E-state index in [9.17, 15) is 14.7 Å². The number of carboxylic acid groups (broad SMARTS) is 2. The zero-order valence-corrected chi connectivity index (χ0v) is 19.1. The second-order valence-corrected chi connectivity index (χ2v) is 7.60. The molecule has 4 aromatic rings. The van der Waals surface area contributed by atoms with Crippen LogP contribution < -0.4 is 14.8 Å². The Balaban J connectivity index is 1.70. The van der Waals surface area contributed by atoms with E-state index in [1.165, 1.54) is 24.3 Å². The van der Waals surface area contributed by atoms with Crippen LogP contribution in [0.1, 0.15) is 26.3 Å². The van der Waals surface area contributed by atoms with Crippen LogP contribution >= 0.6 is 0 Å². The van der Waals surface area contributed by atoms with Crippen LogP contribution in [-0.2, 0) is 6.54 Å². The molecule has 35 heavy (non-hydrogen) atoms. The molecule has 0 unspecified atom stereocenters. The Hall–Kier alpha value is -4.79.